The van der Waals surface area contributed by atoms with Crippen molar-refractivity contribution in [2.24, 2.45) is 22.2 Å². The zero-order chi connectivity index (χ0) is 12.5. The van der Waals surface area contributed by atoms with Gasteiger partial charge in [0.2, 0.25) is 0 Å². The second-order valence-electron chi connectivity index (χ2n) is 7.65. The van der Waals surface area contributed by atoms with Gasteiger partial charge in [0, 0.05) is 0 Å². The largest absolute Gasteiger partial charge is 0.0648 e. The van der Waals surface area contributed by atoms with Crippen LogP contribution >= 0.6 is 0 Å². The van der Waals surface area contributed by atoms with Gasteiger partial charge in [-0.05, 0) is 35.0 Å². The van der Waals surface area contributed by atoms with Crippen molar-refractivity contribution in [3.8, 4) is 0 Å². The van der Waals surface area contributed by atoms with Gasteiger partial charge in [0.15, 0.2) is 0 Å². The summed E-state index contributed by atoms with van der Waals surface area (Å²) >= 11 is 0. The molecular formula is C15H32. The fourth-order valence-electron chi connectivity index (χ4n) is 3.35. The number of rotatable bonds is 3. The summed E-state index contributed by atoms with van der Waals surface area (Å²) in [6.45, 7) is 21.5. The Morgan fingerprint density at radius 3 is 1.33 bits per heavy atom. The minimum atomic E-state index is 0.392. The van der Waals surface area contributed by atoms with E-state index in [0.717, 1.165) is 5.92 Å². The van der Waals surface area contributed by atoms with Gasteiger partial charge < -0.3 is 0 Å². The first-order chi connectivity index (χ1) is 6.46. The second kappa shape index (κ2) is 4.47. The molecule has 1 unspecified atom stereocenters. The van der Waals surface area contributed by atoms with E-state index in [2.05, 4.69) is 62.3 Å². The highest BCUT2D eigenvalue weighted by Gasteiger charge is 2.44. The van der Waals surface area contributed by atoms with Crippen LogP contribution in [0.15, 0.2) is 0 Å². The van der Waals surface area contributed by atoms with Crippen LogP contribution < -0.4 is 0 Å². The summed E-state index contributed by atoms with van der Waals surface area (Å²) in [5, 5.41) is 0. The lowest BCUT2D eigenvalue weighted by Gasteiger charge is -2.51. The van der Waals surface area contributed by atoms with E-state index in [-0.39, 0.29) is 0 Å². The van der Waals surface area contributed by atoms with E-state index in [1.54, 1.807) is 0 Å². The molecule has 0 fully saturated rings. The molecule has 0 nitrogen and oxygen atoms in total. The van der Waals surface area contributed by atoms with Crippen LogP contribution in [0.4, 0.5) is 0 Å². The first-order valence-electron chi connectivity index (χ1n) is 6.46. The van der Waals surface area contributed by atoms with E-state index in [4.69, 9.17) is 0 Å². The molecular weight excluding hydrogens is 180 g/mol. The number of hydrogen-bond donors (Lipinski definition) is 0. The minimum absolute atomic E-state index is 0.392. The molecule has 0 heterocycles. The van der Waals surface area contributed by atoms with Gasteiger partial charge in [-0.1, -0.05) is 62.3 Å². The number of hydrogen-bond acceptors (Lipinski definition) is 0. The Bertz CT molecular complexity index is 187. The highest BCUT2D eigenvalue weighted by Crippen LogP contribution is 2.53. The average molecular weight is 212 g/mol. The van der Waals surface area contributed by atoms with Crippen LogP contribution in [0, 0.1) is 22.2 Å². The maximum Gasteiger partial charge on any atom is -0.0223 e. The SMILES string of the molecule is CCC(CC(C)(C)C)(C(C)C)C(C)(C)C. The summed E-state index contributed by atoms with van der Waals surface area (Å²) in [5.41, 5.74) is 1.28. The molecule has 0 heteroatoms. The van der Waals surface area contributed by atoms with E-state index in [9.17, 15) is 0 Å². The third-order valence-electron chi connectivity index (χ3n) is 4.08. The van der Waals surface area contributed by atoms with Crippen LogP contribution in [0.3, 0.4) is 0 Å². The van der Waals surface area contributed by atoms with Gasteiger partial charge in [-0.15, -0.1) is 0 Å². The fourth-order valence-corrected chi connectivity index (χ4v) is 3.35. The van der Waals surface area contributed by atoms with Crippen molar-refractivity contribution in [2.45, 2.75) is 75.2 Å². The summed E-state index contributed by atoms with van der Waals surface area (Å²) in [5.74, 6) is 0.752. The van der Waals surface area contributed by atoms with Gasteiger partial charge in [0.25, 0.3) is 0 Å². The van der Waals surface area contributed by atoms with Crippen LogP contribution in [0.1, 0.15) is 75.2 Å². The normalized spacial score (nSPS) is 18.0. The Labute approximate surface area is 97.8 Å². The van der Waals surface area contributed by atoms with Crippen LogP contribution in [-0.4, -0.2) is 0 Å². The topological polar surface area (TPSA) is 0 Å². The summed E-state index contributed by atoms with van der Waals surface area (Å²) in [6.07, 6.45) is 2.60. The highest BCUT2D eigenvalue weighted by atomic mass is 14.5. The molecule has 15 heavy (non-hydrogen) atoms. The fraction of sp³-hybridized carbons (Fsp3) is 1.00. The Balaban J connectivity index is 5.19. The van der Waals surface area contributed by atoms with Crippen molar-refractivity contribution in [1.29, 1.82) is 0 Å². The molecule has 0 spiro atoms. The van der Waals surface area contributed by atoms with Gasteiger partial charge >= 0.3 is 0 Å². The van der Waals surface area contributed by atoms with Crippen LogP contribution in [-0.2, 0) is 0 Å². The van der Waals surface area contributed by atoms with Crippen molar-refractivity contribution in [3.05, 3.63) is 0 Å². The molecule has 0 aliphatic heterocycles. The van der Waals surface area contributed by atoms with Crippen molar-refractivity contribution in [2.75, 3.05) is 0 Å². The molecule has 0 aromatic rings. The molecule has 0 radical (unpaired) electrons. The molecule has 0 bridgehead atoms. The van der Waals surface area contributed by atoms with Crippen molar-refractivity contribution >= 4 is 0 Å². The predicted molar refractivity (Wildman–Crippen MR) is 71.1 cm³/mol. The molecule has 0 aliphatic carbocycles. The molecule has 0 rings (SSSR count). The first-order valence-corrected chi connectivity index (χ1v) is 6.46. The Kier molecular flexibility index (Phi) is 4.47. The minimum Gasteiger partial charge on any atom is -0.0648 e. The van der Waals surface area contributed by atoms with E-state index in [1.165, 1.54) is 12.8 Å². The Morgan fingerprint density at radius 1 is 0.867 bits per heavy atom. The lowest BCUT2D eigenvalue weighted by molar-refractivity contribution is -0.0149. The molecule has 0 aromatic heterocycles. The molecule has 0 amide bonds. The molecule has 0 aliphatic rings. The van der Waals surface area contributed by atoms with Crippen LogP contribution in [0.25, 0.3) is 0 Å². The Hall–Kier alpha value is 0. The van der Waals surface area contributed by atoms with Gasteiger partial charge in [-0.2, -0.15) is 0 Å². The summed E-state index contributed by atoms with van der Waals surface area (Å²) in [4.78, 5) is 0. The molecule has 0 aromatic carbocycles. The third kappa shape index (κ3) is 3.50. The van der Waals surface area contributed by atoms with Crippen molar-refractivity contribution in [1.82, 2.24) is 0 Å². The van der Waals surface area contributed by atoms with E-state index in [0.29, 0.717) is 16.2 Å². The molecule has 0 saturated heterocycles. The molecule has 0 saturated carbocycles. The third-order valence-corrected chi connectivity index (χ3v) is 4.08. The van der Waals surface area contributed by atoms with Crippen LogP contribution in [0.5, 0.6) is 0 Å². The predicted octanol–water partition coefficient (Wildman–Crippen LogP) is 5.52. The average Bonchev–Trinajstić information content (AvgIpc) is 1.95. The van der Waals surface area contributed by atoms with Crippen molar-refractivity contribution in [3.63, 3.8) is 0 Å². The van der Waals surface area contributed by atoms with Crippen LogP contribution in [0.2, 0.25) is 0 Å². The van der Waals surface area contributed by atoms with Gasteiger partial charge in [0.1, 0.15) is 0 Å². The maximum absolute atomic E-state index is 2.40. The quantitative estimate of drug-likeness (QED) is 0.577. The molecule has 0 N–H and O–H groups in total. The zero-order valence-corrected chi connectivity index (χ0v) is 12.5. The van der Waals surface area contributed by atoms with Crippen molar-refractivity contribution < 1.29 is 0 Å². The Morgan fingerprint density at radius 2 is 1.27 bits per heavy atom. The molecule has 92 valence electrons. The monoisotopic (exact) mass is 212 g/mol. The second-order valence-corrected chi connectivity index (χ2v) is 7.65. The summed E-state index contributed by atoms with van der Waals surface area (Å²) < 4.78 is 0. The lowest BCUT2D eigenvalue weighted by Crippen LogP contribution is -2.42. The van der Waals surface area contributed by atoms with Gasteiger partial charge in [-0.3, -0.25) is 0 Å². The summed E-state index contributed by atoms with van der Waals surface area (Å²) in [6, 6.07) is 0. The van der Waals surface area contributed by atoms with Gasteiger partial charge in [0.05, 0.1) is 0 Å². The van der Waals surface area contributed by atoms with Gasteiger partial charge in [-0.25, -0.2) is 0 Å². The maximum atomic E-state index is 2.40. The molecule has 1 atom stereocenters. The van der Waals surface area contributed by atoms with E-state index in [1.807, 2.05) is 0 Å². The first kappa shape index (κ1) is 15.0. The van der Waals surface area contributed by atoms with E-state index < -0.39 is 0 Å². The zero-order valence-electron chi connectivity index (χ0n) is 12.5. The highest BCUT2D eigenvalue weighted by molar-refractivity contribution is 4.94. The van der Waals surface area contributed by atoms with E-state index >= 15 is 0 Å². The standard InChI is InChI=1S/C15H32/c1-10-15(12(2)3,14(7,8)9)11-13(4,5)6/h12H,10-11H2,1-9H3. The summed E-state index contributed by atoms with van der Waals surface area (Å²) in [7, 11) is 0. The smallest absolute Gasteiger partial charge is 0.0223 e. The lowest BCUT2D eigenvalue weighted by atomic mass is 9.54.